The van der Waals surface area contributed by atoms with Crippen molar-refractivity contribution in [2.75, 3.05) is 20.3 Å². The van der Waals surface area contributed by atoms with Crippen LogP contribution in [0.2, 0.25) is 0 Å². The normalized spacial score (nSPS) is 18.8. The van der Waals surface area contributed by atoms with Crippen molar-refractivity contribution in [3.8, 4) is 5.75 Å². The summed E-state index contributed by atoms with van der Waals surface area (Å²) in [5.74, 6) is -1.66. The lowest BCUT2D eigenvalue weighted by Crippen LogP contribution is -2.63. The van der Waals surface area contributed by atoms with Crippen LogP contribution in [0.3, 0.4) is 0 Å². The van der Waals surface area contributed by atoms with Crippen molar-refractivity contribution in [2.45, 2.75) is 71.2 Å². The van der Waals surface area contributed by atoms with Crippen molar-refractivity contribution in [1.29, 1.82) is 0 Å². The van der Waals surface area contributed by atoms with E-state index in [4.69, 9.17) is 18.9 Å². The van der Waals surface area contributed by atoms with Gasteiger partial charge in [-0.25, -0.2) is 18.0 Å². The number of nitrogens with zero attached hydrogens (tertiary/aromatic N) is 1. The predicted molar refractivity (Wildman–Crippen MR) is 170 cm³/mol. The van der Waals surface area contributed by atoms with Crippen LogP contribution in [-0.4, -0.2) is 50.5 Å². The molecule has 0 radical (unpaired) electrons. The monoisotopic (exact) mass is 637 g/mol. The molecule has 2 atom stereocenters. The van der Waals surface area contributed by atoms with Crippen LogP contribution in [0.5, 0.6) is 5.75 Å². The zero-order valence-electron chi connectivity index (χ0n) is 27.2. The third kappa shape index (κ3) is 7.24. The summed E-state index contributed by atoms with van der Waals surface area (Å²) < 4.78 is 54.2. The fourth-order valence-electron chi connectivity index (χ4n) is 4.91. The minimum atomic E-state index is -4.63. The van der Waals surface area contributed by atoms with Crippen molar-refractivity contribution in [2.24, 2.45) is 10.8 Å². The van der Waals surface area contributed by atoms with Gasteiger partial charge in [-0.3, -0.25) is 0 Å². The molecular formula is C35H43NO8S. The predicted octanol–water partition coefficient (Wildman–Crippen LogP) is 6.38. The van der Waals surface area contributed by atoms with Crippen LogP contribution in [0.25, 0.3) is 0 Å². The van der Waals surface area contributed by atoms with Crippen molar-refractivity contribution < 1.29 is 37.0 Å². The number of benzene rings is 3. The zero-order chi connectivity index (χ0) is 33.2. The first-order chi connectivity index (χ1) is 21.0. The average Bonchev–Trinajstić information content (AvgIpc) is 3.37. The van der Waals surface area contributed by atoms with E-state index in [1.54, 1.807) is 66.7 Å². The third-order valence-corrected chi connectivity index (χ3v) is 9.05. The summed E-state index contributed by atoms with van der Waals surface area (Å²) in [5, 5.41) is 0. The van der Waals surface area contributed by atoms with E-state index < -0.39 is 50.7 Å². The van der Waals surface area contributed by atoms with E-state index in [0.717, 1.165) is 9.87 Å². The number of hydrogen-bond acceptors (Lipinski definition) is 8. The van der Waals surface area contributed by atoms with Crippen LogP contribution in [0.4, 0.5) is 0 Å². The highest BCUT2D eigenvalue weighted by Crippen LogP contribution is 2.53. The molecule has 1 heterocycles. The van der Waals surface area contributed by atoms with E-state index in [1.165, 1.54) is 19.2 Å². The van der Waals surface area contributed by atoms with Crippen LogP contribution in [0.15, 0.2) is 83.8 Å². The Labute approximate surface area is 266 Å². The lowest BCUT2D eigenvalue weighted by atomic mass is 9.87. The molecule has 1 aliphatic rings. The molecule has 0 amide bonds. The topological polar surface area (TPSA) is 108 Å². The van der Waals surface area contributed by atoms with Gasteiger partial charge in [0.1, 0.15) is 11.9 Å². The first-order valence-electron chi connectivity index (χ1n) is 14.8. The van der Waals surface area contributed by atoms with E-state index in [2.05, 4.69) is 0 Å². The Kier molecular flexibility index (Phi) is 9.82. The maximum Gasteiger partial charge on any atom is 0.342 e. The van der Waals surface area contributed by atoms with Crippen molar-refractivity contribution in [1.82, 2.24) is 4.31 Å². The van der Waals surface area contributed by atoms with E-state index in [0.29, 0.717) is 16.9 Å². The average molecular weight is 638 g/mol. The molecule has 1 aliphatic heterocycles. The standard InChI is InChI=1S/C35H43NO8S/c1-24-14-20-28(21-15-24)45(39,40)36-30(26-12-10-9-11-13-26)44-29(25-16-18-27(41-8)19-17-25)35(36,31(37)42-22-33(2,3)4)32(38)43-23-34(5,6)7/h9-21,29-30H,22-23H2,1-8H3/t29-,30+/m1/s1. The van der Waals surface area contributed by atoms with Crippen LogP contribution in [0.1, 0.15) is 70.6 Å². The van der Waals surface area contributed by atoms with E-state index in [1.807, 2.05) is 48.5 Å². The van der Waals surface area contributed by atoms with Gasteiger partial charge in [-0.1, -0.05) is 102 Å². The lowest BCUT2D eigenvalue weighted by molar-refractivity contribution is -0.176. The summed E-state index contributed by atoms with van der Waals surface area (Å²) in [6.07, 6.45) is -2.84. The maximum absolute atomic E-state index is 14.8. The molecule has 45 heavy (non-hydrogen) atoms. The maximum atomic E-state index is 14.8. The van der Waals surface area contributed by atoms with Crippen molar-refractivity contribution in [3.63, 3.8) is 0 Å². The van der Waals surface area contributed by atoms with Crippen LogP contribution in [-0.2, 0) is 33.8 Å². The Hall–Kier alpha value is -3.73. The molecule has 3 aromatic carbocycles. The summed E-state index contributed by atoms with van der Waals surface area (Å²) >= 11 is 0. The van der Waals surface area contributed by atoms with E-state index >= 15 is 0 Å². The number of sulfonamides is 1. The van der Waals surface area contributed by atoms with Crippen molar-refractivity contribution in [3.05, 3.63) is 95.6 Å². The molecule has 9 nitrogen and oxygen atoms in total. The van der Waals surface area contributed by atoms with Gasteiger partial charge in [0, 0.05) is 0 Å². The van der Waals surface area contributed by atoms with Gasteiger partial charge < -0.3 is 18.9 Å². The summed E-state index contributed by atoms with van der Waals surface area (Å²) in [6.45, 7) is 12.8. The van der Waals surface area contributed by atoms with E-state index in [9.17, 15) is 18.0 Å². The van der Waals surface area contributed by atoms with Crippen LogP contribution < -0.4 is 4.74 Å². The first kappa shape index (κ1) is 34.1. The van der Waals surface area contributed by atoms with Gasteiger partial charge in [0.05, 0.1) is 25.2 Å². The quantitative estimate of drug-likeness (QED) is 0.196. The minimum absolute atomic E-state index is 0.0934. The molecule has 10 heteroatoms. The third-order valence-electron chi connectivity index (χ3n) is 7.18. The van der Waals surface area contributed by atoms with Crippen LogP contribution >= 0.6 is 0 Å². The van der Waals surface area contributed by atoms with Gasteiger partial charge in [0.2, 0.25) is 10.0 Å². The first-order valence-corrected chi connectivity index (χ1v) is 16.2. The van der Waals surface area contributed by atoms with E-state index in [-0.39, 0.29) is 18.1 Å². The Bertz CT molecular complexity index is 1560. The van der Waals surface area contributed by atoms with Gasteiger partial charge in [-0.15, -0.1) is 4.31 Å². The number of rotatable bonds is 9. The van der Waals surface area contributed by atoms with Crippen LogP contribution in [0, 0.1) is 17.8 Å². The Morgan fingerprint density at radius 1 is 0.778 bits per heavy atom. The second-order valence-corrected chi connectivity index (χ2v) is 15.5. The molecule has 1 saturated heterocycles. The summed E-state index contributed by atoms with van der Waals surface area (Å²) in [4.78, 5) is 29.2. The molecule has 0 N–H and O–H groups in total. The lowest BCUT2D eigenvalue weighted by Gasteiger charge is -2.37. The zero-order valence-corrected chi connectivity index (χ0v) is 28.0. The molecule has 4 rings (SSSR count). The van der Waals surface area contributed by atoms with Gasteiger partial charge in [-0.2, -0.15) is 0 Å². The number of aryl methyl sites for hydroxylation is 1. The highest BCUT2D eigenvalue weighted by Gasteiger charge is 2.71. The van der Waals surface area contributed by atoms with Gasteiger partial charge >= 0.3 is 11.9 Å². The molecule has 1 fully saturated rings. The Morgan fingerprint density at radius 3 is 1.76 bits per heavy atom. The fraction of sp³-hybridized carbons (Fsp3) is 0.429. The SMILES string of the molecule is COc1ccc([C@H]2O[C@@H](c3ccccc3)N(S(=O)(=O)c3ccc(C)cc3)C2(C(=O)OCC(C)(C)C)C(=O)OCC(C)(C)C)cc1. The number of carbonyl (C=O) groups excluding carboxylic acids is 2. The number of esters is 2. The Morgan fingerprint density at radius 2 is 1.29 bits per heavy atom. The van der Waals surface area contributed by atoms with Gasteiger partial charge in [-0.05, 0) is 53.1 Å². The molecule has 242 valence electrons. The smallest absolute Gasteiger partial charge is 0.342 e. The molecule has 0 unspecified atom stereocenters. The molecule has 0 bridgehead atoms. The van der Waals surface area contributed by atoms with Gasteiger partial charge in [0.25, 0.3) is 5.54 Å². The number of methoxy groups -OCH3 is 1. The highest BCUT2D eigenvalue weighted by molar-refractivity contribution is 7.89. The second kappa shape index (κ2) is 12.9. The molecule has 0 spiro atoms. The number of hydrogen-bond donors (Lipinski definition) is 0. The highest BCUT2D eigenvalue weighted by atomic mass is 32.2. The summed E-state index contributed by atoms with van der Waals surface area (Å²) in [6, 6.07) is 21.4. The fourth-order valence-corrected chi connectivity index (χ4v) is 6.67. The minimum Gasteiger partial charge on any atom is -0.497 e. The summed E-state index contributed by atoms with van der Waals surface area (Å²) in [7, 11) is -3.12. The number of ether oxygens (including phenoxy) is 4. The summed E-state index contributed by atoms with van der Waals surface area (Å²) in [5.41, 5.74) is -1.99. The molecule has 0 aliphatic carbocycles. The number of carbonyl (C=O) groups is 2. The van der Waals surface area contributed by atoms with Crippen molar-refractivity contribution >= 4 is 22.0 Å². The van der Waals surface area contributed by atoms with Gasteiger partial charge in [0.15, 0.2) is 6.23 Å². The molecular weight excluding hydrogens is 594 g/mol. The largest absolute Gasteiger partial charge is 0.497 e. The molecule has 0 aromatic heterocycles. The molecule has 0 saturated carbocycles. The molecule has 3 aromatic rings. The Balaban J connectivity index is 2.07. The second-order valence-electron chi connectivity index (χ2n) is 13.7.